The molecule has 5 atom stereocenters. The zero-order chi connectivity index (χ0) is 45.7. The molecule has 0 amide bonds. The highest BCUT2D eigenvalue weighted by molar-refractivity contribution is 7.66. The number of aliphatic hydroxyl groups is 1. The second-order valence-electron chi connectivity index (χ2n) is 12.2. The Morgan fingerprint density at radius 2 is 1.07 bits per heavy atom. The van der Waals surface area contributed by atoms with E-state index in [4.69, 9.17) is 25.8 Å². The van der Waals surface area contributed by atoms with Gasteiger partial charge in [0.1, 0.15) is 17.9 Å². The van der Waals surface area contributed by atoms with Crippen molar-refractivity contribution in [2.75, 3.05) is 85.1 Å². The van der Waals surface area contributed by atoms with Crippen LogP contribution in [0.15, 0.2) is 15.8 Å². The third kappa shape index (κ3) is 28.0. The fraction of sp³-hybridized carbons (Fsp3) is 0.829. The van der Waals surface area contributed by atoms with Crippen LogP contribution in [0, 0.1) is 12.3 Å². The molecule has 1 aromatic heterocycles. The highest BCUT2D eigenvalue weighted by Gasteiger charge is 2.43. The van der Waals surface area contributed by atoms with Crippen molar-refractivity contribution in [2.45, 2.75) is 108 Å². The minimum absolute atomic E-state index is 0.204. The van der Waals surface area contributed by atoms with E-state index in [2.05, 4.69) is 116 Å². The number of phosphoric ester groups is 1. The van der Waals surface area contributed by atoms with Gasteiger partial charge in [0.05, 0.1) is 12.7 Å². The van der Waals surface area contributed by atoms with Crippen LogP contribution in [-0.2, 0) is 31.6 Å². The van der Waals surface area contributed by atoms with E-state index in [9.17, 15) is 33.3 Å². The molecule has 2 unspecified atom stereocenters. The summed E-state index contributed by atoms with van der Waals surface area (Å²) in [5.74, 6) is 2.04. The van der Waals surface area contributed by atoms with E-state index in [0.29, 0.717) is 0 Å². The van der Waals surface area contributed by atoms with E-state index < -0.39 is 59.8 Å². The van der Waals surface area contributed by atoms with E-state index in [1.54, 1.807) is 0 Å². The molecule has 0 bridgehead atoms. The second-order valence-corrected chi connectivity index (χ2v) is 16.6. The monoisotopic (exact) mass is 896 g/mol. The lowest BCUT2D eigenvalue weighted by Crippen LogP contribution is -2.33. The maximum absolute atomic E-state index is 11.9. The summed E-state index contributed by atoms with van der Waals surface area (Å²) >= 11 is 0. The summed E-state index contributed by atoms with van der Waals surface area (Å²) in [6.07, 6.45) is 2.02. The van der Waals surface area contributed by atoms with Gasteiger partial charge in [0.2, 0.25) is 0 Å². The SMILES string of the molecule is C#Cc1cn([C@H]2C[C@H](O)[C@@H](COP(=O)(O)OP(=O)(O)OP(=O)(O)O)O2)c(=O)[nH]c1=O.CCN(CC)CC.CCN(CC)CC.CCN(CC)CC.CCN(CC)CC. The van der Waals surface area contributed by atoms with Gasteiger partial charge < -0.3 is 49.0 Å². The number of aromatic nitrogens is 2. The number of phosphoric acid groups is 3. The Bertz CT molecular complexity index is 1440. The third-order valence-electron chi connectivity index (χ3n) is 8.82. The molecule has 58 heavy (non-hydrogen) atoms. The number of ether oxygens (including phenoxy) is 1. The number of hydrogen-bond acceptors (Lipinski definition) is 14. The van der Waals surface area contributed by atoms with Gasteiger partial charge in [-0.3, -0.25) is 18.9 Å². The average Bonchev–Trinajstić information content (AvgIpc) is 3.53. The van der Waals surface area contributed by atoms with Crippen molar-refractivity contribution >= 4 is 23.5 Å². The Balaban J connectivity index is -0.000000868. The van der Waals surface area contributed by atoms with Gasteiger partial charge in [0.25, 0.3) is 5.56 Å². The molecule has 1 fully saturated rings. The Morgan fingerprint density at radius 3 is 1.36 bits per heavy atom. The number of terminal acetylenes is 1. The fourth-order valence-corrected chi connectivity index (χ4v) is 8.02. The average molecular weight is 897 g/mol. The number of nitrogens with zero attached hydrogens (tertiary/aromatic N) is 5. The van der Waals surface area contributed by atoms with Gasteiger partial charge in [-0.2, -0.15) is 8.62 Å². The molecule has 6 N–H and O–H groups in total. The maximum Gasteiger partial charge on any atom is 0.490 e. The molecule has 20 nitrogen and oxygen atoms in total. The largest absolute Gasteiger partial charge is 0.490 e. The number of rotatable bonds is 20. The number of H-pyrrole nitrogens is 1. The van der Waals surface area contributed by atoms with Crippen LogP contribution in [-0.4, -0.2) is 151 Å². The summed E-state index contributed by atoms with van der Waals surface area (Å²) in [6.45, 7) is 39.6. The van der Waals surface area contributed by atoms with E-state index in [0.717, 1.165) is 10.8 Å². The predicted octanol–water partition coefficient (Wildman–Crippen LogP) is 3.90. The van der Waals surface area contributed by atoms with E-state index in [1.807, 2.05) is 10.9 Å². The zero-order valence-corrected chi connectivity index (χ0v) is 39.5. The molecule has 2 rings (SSSR count). The minimum Gasteiger partial charge on any atom is -0.390 e. The number of aliphatic hydroxyl groups excluding tert-OH is 1. The van der Waals surface area contributed by atoms with Gasteiger partial charge in [-0.05, 0) is 78.5 Å². The summed E-state index contributed by atoms with van der Waals surface area (Å²) in [7, 11) is -16.7. The maximum atomic E-state index is 11.9. The molecule has 0 radical (unpaired) electrons. The zero-order valence-electron chi connectivity index (χ0n) is 36.8. The quantitative estimate of drug-likeness (QED) is 0.0801. The van der Waals surface area contributed by atoms with Crippen molar-refractivity contribution in [1.29, 1.82) is 0 Å². The highest BCUT2D eigenvalue weighted by Crippen LogP contribution is 2.66. The first-order valence-electron chi connectivity index (χ1n) is 19.8. The molecule has 0 aliphatic carbocycles. The molecular weight excluding hydrogens is 821 g/mol. The summed E-state index contributed by atoms with van der Waals surface area (Å²) in [5, 5.41) is 10.00. The van der Waals surface area contributed by atoms with Crippen LogP contribution in [0.5, 0.6) is 0 Å². The molecule has 1 saturated heterocycles. The first kappa shape index (κ1) is 60.7. The lowest BCUT2D eigenvalue weighted by atomic mass is 10.2. The van der Waals surface area contributed by atoms with Crippen LogP contribution >= 0.6 is 23.5 Å². The number of hydrogen-bond donors (Lipinski definition) is 6. The molecule has 23 heteroatoms. The normalized spacial score (nSPS) is 18.4. The molecule has 1 aliphatic rings. The van der Waals surface area contributed by atoms with Gasteiger partial charge in [0.15, 0.2) is 0 Å². The highest BCUT2D eigenvalue weighted by atomic mass is 31.3. The van der Waals surface area contributed by atoms with Gasteiger partial charge in [0, 0.05) is 12.6 Å². The van der Waals surface area contributed by atoms with Gasteiger partial charge in [-0.15, -0.1) is 6.42 Å². The first-order chi connectivity index (χ1) is 27.0. The van der Waals surface area contributed by atoms with Crippen LogP contribution in [0.3, 0.4) is 0 Å². The molecule has 2 heterocycles. The van der Waals surface area contributed by atoms with E-state index >= 15 is 0 Å². The lowest BCUT2D eigenvalue weighted by Gasteiger charge is -2.19. The molecule has 0 saturated carbocycles. The summed E-state index contributed by atoms with van der Waals surface area (Å²) in [4.78, 5) is 70.2. The smallest absolute Gasteiger partial charge is 0.390 e. The Labute approximate surface area is 346 Å². The van der Waals surface area contributed by atoms with E-state index in [-0.39, 0.29) is 12.0 Å². The van der Waals surface area contributed by atoms with Crippen molar-refractivity contribution in [3.05, 3.63) is 32.6 Å². The molecule has 344 valence electrons. The van der Waals surface area contributed by atoms with Crippen LogP contribution in [0.25, 0.3) is 0 Å². The van der Waals surface area contributed by atoms with Crippen molar-refractivity contribution in [3.8, 4) is 12.3 Å². The summed E-state index contributed by atoms with van der Waals surface area (Å²) in [6, 6.07) is 0. The topological polar surface area (TPSA) is 257 Å². The standard InChI is InChI=1S/C11H15N2O14P3.4C6H15N/c1-2-6-4-13(11(16)12-10(6)15)9-3-7(14)8(25-9)5-24-29(20,21)27-30(22,23)26-28(17,18)19;4*1-4-7(5-2)6-3/h1,4,7-9,14H,3,5H2,(H,20,21)(H,22,23)(H,12,15,16)(H2,17,18,19);4*4-6H2,1-3H3/t7-,8+,9+;;;;/m0..../s1. The number of nitrogens with one attached hydrogen (secondary N) is 1. The van der Waals surface area contributed by atoms with Crippen LogP contribution < -0.4 is 11.2 Å². The van der Waals surface area contributed by atoms with Crippen molar-refractivity contribution in [2.24, 2.45) is 0 Å². The Morgan fingerprint density at radius 1 is 0.707 bits per heavy atom. The van der Waals surface area contributed by atoms with Crippen LogP contribution in [0.1, 0.15) is 101 Å². The van der Waals surface area contributed by atoms with E-state index in [1.165, 1.54) is 78.5 Å². The Kier molecular flexibility index (Phi) is 34.6. The Hall–Kier alpha value is -1.59. The molecule has 0 aromatic carbocycles. The fourth-order valence-electron chi connectivity index (χ4n) is 4.99. The number of aromatic amines is 1. The van der Waals surface area contributed by atoms with Crippen molar-refractivity contribution in [1.82, 2.24) is 29.2 Å². The summed E-state index contributed by atoms with van der Waals surface area (Å²) in [5.41, 5.74) is -1.93. The van der Waals surface area contributed by atoms with Gasteiger partial charge in [-0.1, -0.05) is 89.0 Å². The van der Waals surface area contributed by atoms with Crippen molar-refractivity contribution < 1.29 is 56.3 Å². The van der Waals surface area contributed by atoms with Crippen molar-refractivity contribution in [3.63, 3.8) is 0 Å². The second kappa shape index (κ2) is 33.1. The molecule has 0 spiro atoms. The molecule has 1 aromatic rings. The summed E-state index contributed by atoms with van der Waals surface area (Å²) < 4.78 is 51.2. The molecule has 1 aliphatic heterocycles. The first-order valence-corrected chi connectivity index (χ1v) is 24.4. The van der Waals surface area contributed by atoms with Crippen LogP contribution in [0.4, 0.5) is 0 Å². The van der Waals surface area contributed by atoms with Gasteiger partial charge >= 0.3 is 29.2 Å². The molecular formula is C35H75N6O14P3. The van der Waals surface area contributed by atoms with Gasteiger partial charge in [-0.25, -0.2) is 18.5 Å². The third-order valence-corrected chi connectivity index (χ3v) is 12.6. The van der Waals surface area contributed by atoms with Crippen LogP contribution in [0.2, 0.25) is 0 Å². The predicted molar refractivity (Wildman–Crippen MR) is 227 cm³/mol. The minimum atomic E-state index is -5.69. The lowest BCUT2D eigenvalue weighted by molar-refractivity contribution is -0.0450.